The molecule has 1 aromatic heterocycles. The molecule has 0 saturated carbocycles. The summed E-state index contributed by atoms with van der Waals surface area (Å²) in [6.07, 6.45) is 2.11. The zero-order valence-corrected chi connectivity index (χ0v) is 7.54. The van der Waals surface area contributed by atoms with Crippen molar-refractivity contribution < 1.29 is 9.32 Å². The van der Waals surface area contributed by atoms with E-state index < -0.39 is 0 Å². The van der Waals surface area contributed by atoms with Crippen LogP contribution in [0.2, 0.25) is 0 Å². The van der Waals surface area contributed by atoms with E-state index >= 15 is 0 Å². The molecule has 0 aliphatic carbocycles. The first-order chi connectivity index (χ1) is 6.25. The lowest BCUT2D eigenvalue weighted by molar-refractivity contribution is 0.0952. The Morgan fingerprint density at radius 3 is 3.08 bits per heavy atom. The number of rotatable bonds is 4. The molecule has 0 aliphatic rings. The molecule has 1 rings (SSSR count). The minimum Gasteiger partial charge on any atom is -0.364 e. The summed E-state index contributed by atoms with van der Waals surface area (Å²) < 4.78 is 4.64. The maximum Gasteiger partial charge on any atom is 0.256 e. The van der Waals surface area contributed by atoms with E-state index in [9.17, 15) is 4.79 Å². The Morgan fingerprint density at radius 1 is 1.77 bits per heavy atom. The Bertz CT molecular complexity index is 283. The molecule has 13 heavy (non-hydrogen) atoms. The van der Waals surface area contributed by atoms with Gasteiger partial charge in [-0.2, -0.15) is 0 Å². The third-order valence-corrected chi connectivity index (χ3v) is 1.66. The van der Waals surface area contributed by atoms with Crippen molar-refractivity contribution in [3.05, 3.63) is 17.5 Å². The number of aryl methyl sites for hydroxylation is 1. The molecule has 0 fully saturated rings. The van der Waals surface area contributed by atoms with Crippen LogP contribution in [0.1, 0.15) is 22.5 Å². The van der Waals surface area contributed by atoms with Crippen molar-refractivity contribution in [2.45, 2.75) is 13.3 Å². The Balaban J connectivity index is 2.45. The number of nitrogens with one attached hydrogen (secondary N) is 1. The number of aromatic nitrogens is 1. The van der Waals surface area contributed by atoms with Crippen molar-refractivity contribution in [1.82, 2.24) is 10.5 Å². The second-order valence-corrected chi connectivity index (χ2v) is 2.71. The molecular weight excluding hydrogens is 170 g/mol. The zero-order chi connectivity index (χ0) is 9.68. The second-order valence-electron chi connectivity index (χ2n) is 2.71. The molecule has 0 radical (unpaired) electrons. The van der Waals surface area contributed by atoms with Gasteiger partial charge in [-0.1, -0.05) is 5.16 Å². The van der Waals surface area contributed by atoms with Crippen molar-refractivity contribution in [2.24, 2.45) is 5.73 Å². The molecule has 0 bridgehead atoms. The molecule has 0 saturated heterocycles. The van der Waals surface area contributed by atoms with Gasteiger partial charge in [0.2, 0.25) is 0 Å². The highest BCUT2D eigenvalue weighted by Crippen LogP contribution is 2.03. The number of hydrogen-bond donors (Lipinski definition) is 2. The van der Waals surface area contributed by atoms with Gasteiger partial charge in [0.1, 0.15) is 11.8 Å². The highest BCUT2D eigenvalue weighted by Gasteiger charge is 2.10. The summed E-state index contributed by atoms with van der Waals surface area (Å²) in [4.78, 5) is 11.3. The van der Waals surface area contributed by atoms with Gasteiger partial charge < -0.3 is 15.6 Å². The number of amides is 1. The average Bonchev–Trinajstić information content (AvgIpc) is 2.52. The first-order valence-corrected chi connectivity index (χ1v) is 4.15. The fourth-order valence-corrected chi connectivity index (χ4v) is 0.910. The summed E-state index contributed by atoms with van der Waals surface area (Å²) in [6.45, 7) is 2.88. The van der Waals surface area contributed by atoms with Crippen LogP contribution >= 0.6 is 0 Å². The van der Waals surface area contributed by atoms with E-state index in [1.807, 2.05) is 0 Å². The highest BCUT2D eigenvalue weighted by molar-refractivity contribution is 5.94. The standard InChI is InChI=1S/C8H13N3O2/c1-6-7(5-13-11-6)8(12)10-4-2-3-9/h5H,2-4,9H2,1H3,(H,10,12). The van der Waals surface area contributed by atoms with Crippen molar-refractivity contribution in [3.8, 4) is 0 Å². The highest BCUT2D eigenvalue weighted by atomic mass is 16.5. The largest absolute Gasteiger partial charge is 0.364 e. The van der Waals surface area contributed by atoms with E-state index in [0.717, 1.165) is 6.42 Å². The van der Waals surface area contributed by atoms with E-state index in [2.05, 4.69) is 15.0 Å². The third-order valence-electron chi connectivity index (χ3n) is 1.66. The first kappa shape index (κ1) is 9.73. The Labute approximate surface area is 76.3 Å². The van der Waals surface area contributed by atoms with E-state index in [1.165, 1.54) is 6.26 Å². The molecule has 5 nitrogen and oxygen atoms in total. The van der Waals surface area contributed by atoms with Crippen molar-refractivity contribution in [1.29, 1.82) is 0 Å². The molecule has 0 spiro atoms. The van der Waals surface area contributed by atoms with E-state index in [0.29, 0.717) is 24.3 Å². The normalized spacial score (nSPS) is 10.0. The van der Waals surface area contributed by atoms with Crippen LogP contribution in [0.25, 0.3) is 0 Å². The minimum atomic E-state index is -0.160. The van der Waals surface area contributed by atoms with Gasteiger partial charge >= 0.3 is 0 Å². The van der Waals surface area contributed by atoms with Crippen LogP contribution in [-0.4, -0.2) is 24.2 Å². The summed E-state index contributed by atoms with van der Waals surface area (Å²) in [5.41, 5.74) is 6.37. The van der Waals surface area contributed by atoms with Gasteiger partial charge in [0.15, 0.2) is 0 Å². The maximum absolute atomic E-state index is 11.3. The number of nitrogens with zero attached hydrogens (tertiary/aromatic N) is 1. The fraction of sp³-hybridized carbons (Fsp3) is 0.500. The Hall–Kier alpha value is -1.36. The second kappa shape index (κ2) is 4.61. The monoisotopic (exact) mass is 183 g/mol. The topological polar surface area (TPSA) is 81.2 Å². The number of carbonyl (C=O) groups excluding carboxylic acids is 1. The molecule has 1 heterocycles. The smallest absolute Gasteiger partial charge is 0.256 e. The van der Waals surface area contributed by atoms with E-state index in [4.69, 9.17) is 5.73 Å². The summed E-state index contributed by atoms with van der Waals surface area (Å²) >= 11 is 0. The minimum absolute atomic E-state index is 0.160. The van der Waals surface area contributed by atoms with E-state index in [1.54, 1.807) is 6.92 Å². The zero-order valence-electron chi connectivity index (χ0n) is 7.54. The number of nitrogens with two attached hydrogens (primary N) is 1. The van der Waals surface area contributed by atoms with Crippen LogP contribution in [0, 0.1) is 6.92 Å². The van der Waals surface area contributed by atoms with Crippen molar-refractivity contribution in [2.75, 3.05) is 13.1 Å². The third kappa shape index (κ3) is 2.55. The summed E-state index contributed by atoms with van der Waals surface area (Å²) in [5.74, 6) is -0.160. The predicted octanol–water partition coefficient (Wildman–Crippen LogP) is 0.0616. The lowest BCUT2D eigenvalue weighted by Crippen LogP contribution is -2.26. The van der Waals surface area contributed by atoms with Gasteiger partial charge in [-0.25, -0.2) is 0 Å². The molecule has 3 N–H and O–H groups in total. The summed E-state index contributed by atoms with van der Waals surface area (Å²) in [7, 11) is 0. The van der Waals surface area contributed by atoms with Gasteiger partial charge in [-0.15, -0.1) is 0 Å². The van der Waals surface area contributed by atoms with Gasteiger partial charge in [0.25, 0.3) is 5.91 Å². The predicted molar refractivity (Wildman–Crippen MR) is 47.2 cm³/mol. The van der Waals surface area contributed by atoms with Gasteiger partial charge in [0.05, 0.1) is 5.69 Å². The van der Waals surface area contributed by atoms with Crippen LogP contribution in [0.3, 0.4) is 0 Å². The molecule has 72 valence electrons. The first-order valence-electron chi connectivity index (χ1n) is 4.15. The molecule has 1 amide bonds. The molecule has 5 heteroatoms. The Morgan fingerprint density at radius 2 is 2.54 bits per heavy atom. The van der Waals surface area contributed by atoms with Crippen LogP contribution in [0.15, 0.2) is 10.8 Å². The molecule has 0 unspecified atom stereocenters. The molecule has 0 aromatic carbocycles. The lowest BCUT2D eigenvalue weighted by atomic mass is 10.2. The van der Waals surface area contributed by atoms with Gasteiger partial charge in [0, 0.05) is 6.54 Å². The van der Waals surface area contributed by atoms with Crippen LogP contribution in [0.4, 0.5) is 0 Å². The molecular formula is C8H13N3O2. The van der Waals surface area contributed by atoms with Crippen molar-refractivity contribution in [3.63, 3.8) is 0 Å². The maximum atomic E-state index is 11.3. The fourth-order valence-electron chi connectivity index (χ4n) is 0.910. The Kier molecular flexibility index (Phi) is 3.45. The molecule has 1 aromatic rings. The van der Waals surface area contributed by atoms with Gasteiger partial charge in [-0.3, -0.25) is 4.79 Å². The quantitative estimate of drug-likeness (QED) is 0.647. The van der Waals surface area contributed by atoms with E-state index in [-0.39, 0.29) is 5.91 Å². The van der Waals surface area contributed by atoms with Crippen molar-refractivity contribution >= 4 is 5.91 Å². The van der Waals surface area contributed by atoms with Crippen LogP contribution < -0.4 is 11.1 Å². The molecule has 0 aliphatic heterocycles. The number of hydrogen-bond acceptors (Lipinski definition) is 4. The summed E-state index contributed by atoms with van der Waals surface area (Å²) in [6, 6.07) is 0. The van der Waals surface area contributed by atoms with Crippen LogP contribution in [-0.2, 0) is 0 Å². The lowest BCUT2D eigenvalue weighted by Gasteiger charge is -2.01. The van der Waals surface area contributed by atoms with Crippen LogP contribution in [0.5, 0.6) is 0 Å². The summed E-state index contributed by atoms with van der Waals surface area (Å²) in [5, 5.41) is 6.31. The average molecular weight is 183 g/mol. The SMILES string of the molecule is Cc1nocc1C(=O)NCCCN. The molecule has 0 atom stereocenters. The van der Waals surface area contributed by atoms with Gasteiger partial charge in [-0.05, 0) is 19.9 Å². The number of carbonyl (C=O) groups is 1.